The van der Waals surface area contributed by atoms with Gasteiger partial charge in [-0.3, -0.25) is 9.78 Å². The van der Waals surface area contributed by atoms with Gasteiger partial charge in [-0.15, -0.1) is 21.5 Å². The second-order valence-corrected chi connectivity index (χ2v) is 8.02. The summed E-state index contributed by atoms with van der Waals surface area (Å²) in [5, 5.41) is 10.8. The topological polar surface area (TPSA) is 86.2 Å². The Kier molecular flexibility index (Phi) is 6.18. The van der Waals surface area contributed by atoms with Crippen molar-refractivity contribution in [3.05, 3.63) is 75.8 Å². The highest BCUT2D eigenvalue weighted by Gasteiger charge is 2.11. The third-order valence-corrected chi connectivity index (χ3v) is 5.78. The molecule has 0 saturated heterocycles. The van der Waals surface area contributed by atoms with Crippen molar-refractivity contribution in [2.24, 2.45) is 4.99 Å². The molecule has 0 N–H and O–H groups in total. The molecule has 3 aromatic heterocycles. The van der Waals surface area contributed by atoms with Gasteiger partial charge in [-0.1, -0.05) is 41.6 Å². The van der Waals surface area contributed by atoms with Crippen molar-refractivity contribution < 1.29 is 9.21 Å². The van der Waals surface area contributed by atoms with E-state index in [-0.39, 0.29) is 11.7 Å². The molecule has 10 heteroatoms. The minimum atomic E-state index is -0.286. The summed E-state index contributed by atoms with van der Waals surface area (Å²) in [5.74, 6) is 0.172. The predicted octanol–water partition coefficient (Wildman–Crippen LogP) is 3.92. The standard InChI is InChI=1S/C19H14ClN5O2S2/c20-15-6-2-1-4-14(15)11-25-8-9-28-18(25)22-16(26)12-29-19-24-23-17(27-19)13-5-3-7-21-10-13/h1-10H,11-12H2. The van der Waals surface area contributed by atoms with Crippen molar-refractivity contribution in [2.45, 2.75) is 11.8 Å². The lowest BCUT2D eigenvalue weighted by atomic mass is 10.2. The van der Waals surface area contributed by atoms with E-state index in [9.17, 15) is 4.79 Å². The molecule has 0 aliphatic heterocycles. The Morgan fingerprint density at radius 2 is 2.14 bits per heavy atom. The maximum atomic E-state index is 12.3. The first kappa shape index (κ1) is 19.6. The molecular formula is C19H14ClN5O2S2. The Labute approximate surface area is 179 Å². The summed E-state index contributed by atoms with van der Waals surface area (Å²) in [4.78, 5) is 21.1. The van der Waals surface area contributed by atoms with Crippen LogP contribution in [0, 0.1) is 0 Å². The molecule has 3 heterocycles. The zero-order valence-corrected chi connectivity index (χ0v) is 17.3. The summed E-state index contributed by atoms with van der Waals surface area (Å²) in [7, 11) is 0. The minimum Gasteiger partial charge on any atom is -0.411 e. The molecule has 0 saturated carbocycles. The largest absolute Gasteiger partial charge is 0.411 e. The Morgan fingerprint density at radius 3 is 2.97 bits per heavy atom. The monoisotopic (exact) mass is 443 g/mol. The van der Waals surface area contributed by atoms with E-state index in [0.717, 1.165) is 22.9 Å². The van der Waals surface area contributed by atoms with Crippen molar-refractivity contribution in [2.75, 3.05) is 5.75 Å². The van der Waals surface area contributed by atoms with E-state index in [4.69, 9.17) is 16.0 Å². The van der Waals surface area contributed by atoms with E-state index in [0.29, 0.717) is 27.5 Å². The van der Waals surface area contributed by atoms with E-state index < -0.39 is 0 Å². The maximum absolute atomic E-state index is 12.3. The number of carbonyl (C=O) groups excluding carboxylic acids is 1. The van der Waals surface area contributed by atoms with Crippen LogP contribution in [0.2, 0.25) is 5.02 Å². The van der Waals surface area contributed by atoms with Crippen LogP contribution < -0.4 is 4.80 Å². The van der Waals surface area contributed by atoms with Crippen LogP contribution in [0.4, 0.5) is 0 Å². The van der Waals surface area contributed by atoms with Gasteiger partial charge >= 0.3 is 0 Å². The minimum absolute atomic E-state index is 0.0959. The highest BCUT2D eigenvalue weighted by Crippen LogP contribution is 2.22. The van der Waals surface area contributed by atoms with Crippen LogP contribution in [0.1, 0.15) is 5.56 Å². The fourth-order valence-corrected chi connectivity index (χ4v) is 3.94. The van der Waals surface area contributed by atoms with Gasteiger partial charge in [0.1, 0.15) is 0 Å². The average Bonchev–Trinajstić information content (AvgIpc) is 3.39. The second kappa shape index (κ2) is 9.17. The Hall–Kier alpha value is -2.75. The van der Waals surface area contributed by atoms with Gasteiger partial charge in [0.2, 0.25) is 5.89 Å². The van der Waals surface area contributed by atoms with Gasteiger partial charge in [0.05, 0.1) is 17.9 Å². The van der Waals surface area contributed by atoms with Gasteiger partial charge in [-0.25, -0.2) is 0 Å². The lowest BCUT2D eigenvalue weighted by Crippen LogP contribution is -2.17. The number of carbonyl (C=O) groups is 1. The Morgan fingerprint density at radius 1 is 1.24 bits per heavy atom. The molecule has 0 fully saturated rings. The van der Waals surface area contributed by atoms with Crippen molar-refractivity contribution in [3.8, 4) is 11.5 Å². The molecule has 1 amide bonds. The molecule has 1 aromatic carbocycles. The number of nitrogens with zero attached hydrogens (tertiary/aromatic N) is 5. The van der Waals surface area contributed by atoms with Gasteiger partial charge < -0.3 is 8.98 Å². The molecular weight excluding hydrogens is 430 g/mol. The van der Waals surface area contributed by atoms with Crippen LogP contribution in [0.5, 0.6) is 0 Å². The van der Waals surface area contributed by atoms with E-state index in [1.165, 1.54) is 11.3 Å². The first-order valence-corrected chi connectivity index (χ1v) is 10.7. The van der Waals surface area contributed by atoms with Crippen molar-refractivity contribution in [1.29, 1.82) is 0 Å². The third-order valence-electron chi connectivity index (χ3n) is 3.81. The Bertz CT molecular complexity index is 1190. The number of aromatic nitrogens is 4. The summed E-state index contributed by atoms with van der Waals surface area (Å²) >= 11 is 8.76. The van der Waals surface area contributed by atoms with Crippen molar-refractivity contribution >= 4 is 40.6 Å². The summed E-state index contributed by atoms with van der Waals surface area (Å²) < 4.78 is 7.45. The number of rotatable bonds is 6. The molecule has 0 spiro atoms. The number of amides is 1. The van der Waals surface area contributed by atoms with Crippen LogP contribution in [0.3, 0.4) is 0 Å². The van der Waals surface area contributed by atoms with Crippen LogP contribution in [0.15, 0.2) is 75.0 Å². The van der Waals surface area contributed by atoms with Gasteiger partial charge in [0, 0.05) is 29.0 Å². The van der Waals surface area contributed by atoms with Crippen LogP contribution in [0.25, 0.3) is 11.5 Å². The molecule has 146 valence electrons. The Balaban J connectivity index is 1.42. The van der Waals surface area contributed by atoms with E-state index in [1.54, 1.807) is 18.5 Å². The van der Waals surface area contributed by atoms with Crippen LogP contribution in [-0.2, 0) is 11.3 Å². The maximum Gasteiger partial charge on any atom is 0.277 e. The lowest BCUT2D eigenvalue weighted by molar-refractivity contribution is -0.115. The summed E-state index contributed by atoms with van der Waals surface area (Å²) in [5.41, 5.74) is 1.69. The number of thioether (sulfide) groups is 1. The highest BCUT2D eigenvalue weighted by molar-refractivity contribution is 7.99. The number of hydrogen-bond donors (Lipinski definition) is 0. The number of hydrogen-bond acceptors (Lipinski definition) is 7. The fourth-order valence-electron chi connectivity index (χ4n) is 2.45. The van der Waals surface area contributed by atoms with Gasteiger partial charge in [-0.05, 0) is 23.8 Å². The highest BCUT2D eigenvalue weighted by atomic mass is 35.5. The third kappa shape index (κ3) is 5.00. The summed E-state index contributed by atoms with van der Waals surface area (Å²) in [6, 6.07) is 11.2. The summed E-state index contributed by atoms with van der Waals surface area (Å²) in [6.45, 7) is 0.542. The van der Waals surface area contributed by atoms with Gasteiger partial charge in [0.25, 0.3) is 11.1 Å². The van der Waals surface area contributed by atoms with E-state index in [2.05, 4.69) is 20.2 Å². The van der Waals surface area contributed by atoms with Crippen molar-refractivity contribution in [3.63, 3.8) is 0 Å². The summed E-state index contributed by atoms with van der Waals surface area (Å²) in [6.07, 6.45) is 5.18. The number of benzene rings is 1. The average molecular weight is 444 g/mol. The molecule has 0 aliphatic rings. The molecule has 29 heavy (non-hydrogen) atoms. The quantitative estimate of drug-likeness (QED) is 0.420. The normalized spacial score (nSPS) is 11.7. The predicted molar refractivity (Wildman–Crippen MR) is 112 cm³/mol. The molecule has 7 nitrogen and oxygen atoms in total. The SMILES string of the molecule is O=C(CSc1nnc(-c2cccnc2)o1)N=c1sccn1Cc1ccccc1Cl. The zero-order valence-electron chi connectivity index (χ0n) is 14.9. The second-order valence-electron chi connectivity index (χ2n) is 5.81. The van der Waals surface area contributed by atoms with Gasteiger partial charge in [0.15, 0.2) is 4.80 Å². The van der Waals surface area contributed by atoms with E-state index >= 15 is 0 Å². The number of pyridine rings is 1. The molecule has 4 aromatic rings. The first-order valence-electron chi connectivity index (χ1n) is 8.50. The van der Waals surface area contributed by atoms with Crippen LogP contribution >= 0.6 is 34.7 Å². The van der Waals surface area contributed by atoms with Crippen molar-refractivity contribution in [1.82, 2.24) is 19.7 Å². The molecule has 0 radical (unpaired) electrons. The van der Waals surface area contributed by atoms with Gasteiger partial charge in [-0.2, -0.15) is 4.99 Å². The number of thiazole rings is 1. The molecule has 0 bridgehead atoms. The smallest absolute Gasteiger partial charge is 0.277 e. The first-order chi connectivity index (χ1) is 14.2. The molecule has 4 rings (SSSR count). The van der Waals surface area contributed by atoms with E-state index in [1.807, 2.05) is 46.5 Å². The zero-order chi connectivity index (χ0) is 20.1. The number of halogens is 1. The molecule has 0 unspecified atom stereocenters. The molecule has 0 atom stereocenters. The molecule has 0 aliphatic carbocycles. The van der Waals surface area contributed by atoms with Crippen LogP contribution in [-0.4, -0.2) is 31.4 Å². The fraction of sp³-hybridized carbons (Fsp3) is 0.105. The lowest BCUT2D eigenvalue weighted by Gasteiger charge is -2.05.